The van der Waals surface area contributed by atoms with Crippen molar-refractivity contribution in [3.8, 4) is 0 Å². The Morgan fingerprint density at radius 2 is 1.87 bits per heavy atom. The molecule has 1 fully saturated rings. The van der Waals surface area contributed by atoms with E-state index in [1.807, 2.05) is 47.6 Å². The van der Waals surface area contributed by atoms with Gasteiger partial charge in [-0.1, -0.05) is 24.3 Å². The van der Waals surface area contributed by atoms with Crippen molar-refractivity contribution in [1.82, 2.24) is 9.47 Å². The monoisotopic (exact) mass is 408 g/mol. The molecular weight excluding hydrogens is 380 g/mol. The fourth-order valence-electron chi connectivity index (χ4n) is 4.21. The van der Waals surface area contributed by atoms with E-state index in [4.69, 9.17) is 9.15 Å². The zero-order valence-electron chi connectivity index (χ0n) is 17.8. The lowest BCUT2D eigenvalue weighted by atomic mass is 9.97. The summed E-state index contributed by atoms with van der Waals surface area (Å²) in [6.07, 6.45) is 1.27. The molecule has 1 saturated heterocycles. The lowest BCUT2D eigenvalue weighted by Crippen LogP contribution is -2.41. The number of piperidine rings is 1. The molecule has 1 aliphatic heterocycles. The molecule has 1 aliphatic rings. The minimum atomic E-state index is -0.152. The Hall–Kier alpha value is -3.02. The number of nitrogens with zero attached hydrogens (tertiary/aromatic N) is 2. The summed E-state index contributed by atoms with van der Waals surface area (Å²) in [5.41, 5.74) is 4.64. The molecule has 1 amide bonds. The van der Waals surface area contributed by atoms with E-state index in [0.717, 1.165) is 16.9 Å². The van der Waals surface area contributed by atoms with Crippen molar-refractivity contribution in [1.29, 1.82) is 0 Å². The van der Waals surface area contributed by atoms with Crippen LogP contribution < -0.4 is 0 Å². The van der Waals surface area contributed by atoms with Crippen LogP contribution in [0.2, 0.25) is 0 Å². The van der Waals surface area contributed by atoms with Gasteiger partial charge in [0.15, 0.2) is 5.58 Å². The van der Waals surface area contributed by atoms with Gasteiger partial charge >= 0.3 is 5.97 Å². The molecule has 6 nitrogen and oxygen atoms in total. The highest BCUT2D eigenvalue weighted by Crippen LogP contribution is 2.28. The van der Waals surface area contributed by atoms with Crippen LogP contribution in [0.1, 0.15) is 47.1 Å². The molecule has 0 saturated carbocycles. The Balaban J connectivity index is 1.59. The summed E-state index contributed by atoms with van der Waals surface area (Å²) in [6, 6.07) is 12.0. The van der Waals surface area contributed by atoms with Crippen LogP contribution in [0.25, 0.3) is 11.1 Å². The Labute approximate surface area is 176 Å². The number of aromatic nitrogens is 1. The number of aryl methyl sites for hydroxylation is 2. The van der Waals surface area contributed by atoms with Gasteiger partial charge in [-0.25, -0.2) is 0 Å². The van der Waals surface area contributed by atoms with Crippen LogP contribution in [0.15, 0.2) is 40.8 Å². The fourth-order valence-corrected chi connectivity index (χ4v) is 4.21. The first-order chi connectivity index (χ1) is 14.5. The standard InChI is InChI=1S/C24H28N2O4/c1-4-29-24(28)18-9-11-25(12-10-18)23(27)21-14-22-20(13-17(3)30-22)26(21)15-19-8-6-5-7-16(19)2/h5-8,13-14,18H,4,9-12,15H2,1-3H3. The maximum atomic E-state index is 13.4. The predicted molar refractivity (Wildman–Crippen MR) is 114 cm³/mol. The van der Waals surface area contributed by atoms with Crippen LogP contribution in [0.4, 0.5) is 0 Å². The molecule has 0 bridgehead atoms. The highest BCUT2D eigenvalue weighted by atomic mass is 16.5. The van der Waals surface area contributed by atoms with E-state index in [1.165, 1.54) is 11.1 Å². The molecule has 158 valence electrons. The number of fused-ring (bicyclic) bond motifs is 1. The van der Waals surface area contributed by atoms with Gasteiger partial charge in [-0.15, -0.1) is 0 Å². The second-order valence-corrected chi connectivity index (χ2v) is 7.97. The van der Waals surface area contributed by atoms with Crippen LogP contribution >= 0.6 is 0 Å². The van der Waals surface area contributed by atoms with E-state index < -0.39 is 0 Å². The number of hydrogen-bond donors (Lipinski definition) is 0. The summed E-state index contributed by atoms with van der Waals surface area (Å²) in [5.74, 6) is 0.537. The molecular formula is C24H28N2O4. The summed E-state index contributed by atoms with van der Waals surface area (Å²) in [6.45, 7) is 7.92. The van der Waals surface area contributed by atoms with Gasteiger partial charge < -0.3 is 18.6 Å². The van der Waals surface area contributed by atoms with Crippen LogP contribution in [0.5, 0.6) is 0 Å². The SMILES string of the molecule is CCOC(=O)C1CCN(C(=O)c2cc3oc(C)cc3n2Cc2ccccc2C)CC1. The summed E-state index contributed by atoms with van der Waals surface area (Å²) in [7, 11) is 0. The van der Waals surface area contributed by atoms with Crippen LogP contribution in [-0.2, 0) is 16.1 Å². The zero-order chi connectivity index (χ0) is 21.3. The number of amides is 1. The molecule has 30 heavy (non-hydrogen) atoms. The molecule has 6 heteroatoms. The number of benzene rings is 1. The van der Waals surface area contributed by atoms with E-state index >= 15 is 0 Å². The lowest BCUT2D eigenvalue weighted by Gasteiger charge is -2.31. The highest BCUT2D eigenvalue weighted by molar-refractivity contribution is 5.98. The first-order valence-electron chi connectivity index (χ1n) is 10.6. The van der Waals surface area contributed by atoms with Crippen molar-refractivity contribution in [2.75, 3.05) is 19.7 Å². The number of furan rings is 1. The van der Waals surface area contributed by atoms with E-state index in [2.05, 4.69) is 19.1 Å². The second kappa shape index (κ2) is 8.38. The molecule has 0 unspecified atom stereocenters. The molecule has 0 N–H and O–H groups in total. The summed E-state index contributed by atoms with van der Waals surface area (Å²) >= 11 is 0. The first-order valence-corrected chi connectivity index (χ1v) is 10.6. The summed E-state index contributed by atoms with van der Waals surface area (Å²) < 4.78 is 13.0. The van der Waals surface area contributed by atoms with E-state index in [1.54, 1.807) is 0 Å². The number of carbonyl (C=O) groups excluding carboxylic acids is 2. The quantitative estimate of drug-likeness (QED) is 0.590. The molecule has 1 aromatic carbocycles. The van der Waals surface area contributed by atoms with Gasteiger partial charge in [0.1, 0.15) is 11.5 Å². The van der Waals surface area contributed by atoms with Gasteiger partial charge in [0.05, 0.1) is 18.0 Å². The molecule has 3 aromatic rings. The van der Waals surface area contributed by atoms with Crippen molar-refractivity contribution in [2.45, 2.75) is 40.2 Å². The van der Waals surface area contributed by atoms with Gasteiger partial charge in [-0.2, -0.15) is 0 Å². The normalized spacial score (nSPS) is 15.0. The van der Waals surface area contributed by atoms with E-state index in [0.29, 0.717) is 44.8 Å². The Kier molecular flexibility index (Phi) is 5.66. The first kappa shape index (κ1) is 20.3. The van der Waals surface area contributed by atoms with E-state index in [-0.39, 0.29) is 17.8 Å². The molecule has 0 atom stereocenters. The largest absolute Gasteiger partial charge is 0.466 e. The molecule has 0 radical (unpaired) electrons. The van der Waals surface area contributed by atoms with Crippen molar-refractivity contribution >= 4 is 23.0 Å². The van der Waals surface area contributed by atoms with Crippen molar-refractivity contribution in [3.05, 3.63) is 59.0 Å². The topological polar surface area (TPSA) is 64.7 Å². The smallest absolute Gasteiger partial charge is 0.309 e. The average molecular weight is 408 g/mol. The van der Waals surface area contributed by atoms with E-state index in [9.17, 15) is 9.59 Å². The zero-order valence-corrected chi connectivity index (χ0v) is 17.8. The average Bonchev–Trinajstić information content (AvgIpc) is 3.26. The molecule has 0 aliphatic carbocycles. The number of ether oxygens (including phenoxy) is 1. The highest BCUT2D eigenvalue weighted by Gasteiger charge is 2.30. The van der Waals surface area contributed by atoms with Crippen LogP contribution in [0, 0.1) is 19.8 Å². The third-order valence-electron chi connectivity index (χ3n) is 5.92. The van der Waals surface area contributed by atoms with Crippen LogP contribution in [-0.4, -0.2) is 41.0 Å². The molecule has 0 spiro atoms. The summed E-state index contributed by atoms with van der Waals surface area (Å²) in [4.78, 5) is 27.2. The van der Waals surface area contributed by atoms with Crippen molar-refractivity contribution in [3.63, 3.8) is 0 Å². The third-order valence-corrected chi connectivity index (χ3v) is 5.92. The molecule has 2 aromatic heterocycles. The fraction of sp³-hybridized carbons (Fsp3) is 0.417. The third kappa shape index (κ3) is 3.86. The molecule has 4 rings (SSSR count). The minimum Gasteiger partial charge on any atom is -0.466 e. The summed E-state index contributed by atoms with van der Waals surface area (Å²) in [5, 5.41) is 0. The van der Waals surface area contributed by atoms with Gasteiger partial charge in [-0.3, -0.25) is 9.59 Å². The maximum absolute atomic E-state index is 13.4. The second-order valence-electron chi connectivity index (χ2n) is 7.97. The van der Waals surface area contributed by atoms with Gasteiger partial charge in [0.2, 0.25) is 0 Å². The number of hydrogen-bond acceptors (Lipinski definition) is 4. The predicted octanol–water partition coefficient (Wildman–Crippen LogP) is 4.31. The lowest BCUT2D eigenvalue weighted by molar-refractivity contribution is -0.149. The van der Waals surface area contributed by atoms with Gasteiger partial charge in [0.25, 0.3) is 5.91 Å². The van der Waals surface area contributed by atoms with Crippen molar-refractivity contribution < 1.29 is 18.7 Å². The Morgan fingerprint density at radius 1 is 1.13 bits per heavy atom. The Morgan fingerprint density at radius 3 is 2.57 bits per heavy atom. The van der Waals surface area contributed by atoms with Gasteiger partial charge in [-0.05, 0) is 44.7 Å². The Bertz CT molecular complexity index is 1070. The van der Waals surface area contributed by atoms with Gasteiger partial charge in [0, 0.05) is 31.8 Å². The number of esters is 1. The number of likely N-dealkylation sites (tertiary alicyclic amines) is 1. The van der Waals surface area contributed by atoms with Crippen molar-refractivity contribution in [2.24, 2.45) is 5.92 Å². The minimum absolute atomic E-state index is 0.0186. The number of rotatable bonds is 5. The molecule has 3 heterocycles. The number of carbonyl (C=O) groups is 2. The van der Waals surface area contributed by atoms with Crippen LogP contribution in [0.3, 0.4) is 0 Å². The maximum Gasteiger partial charge on any atom is 0.309 e.